The van der Waals surface area contributed by atoms with E-state index in [1.807, 2.05) is 24.6 Å². The lowest BCUT2D eigenvalue weighted by molar-refractivity contribution is 0.416. The van der Waals surface area contributed by atoms with Gasteiger partial charge in [-0.15, -0.1) is 0 Å². The Labute approximate surface area is 130 Å². The number of hydrogen-bond acceptors (Lipinski definition) is 5. The molecule has 1 heterocycles. The quantitative estimate of drug-likeness (QED) is 0.402. The first-order valence-electron chi connectivity index (χ1n) is 6.99. The summed E-state index contributed by atoms with van der Waals surface area (Å²) in [4.78, 5) is 6.80. The number of amidine groups is 1. The van der Waals surface area contributed by atoms with Gasteiger partial charge in [0.1, 0.15) is 11.4 Å². The van der Waals surface area contributed by atoms with Crippen LogP contribution in [0.15, 0.2) is 23.2 Å². The minimum absolute atomic E-state index is 0.557. The maximum atomic E-state index is 8.69. The van der Waals surface area contributed by atoms with Crippen molar-refractivity contribution in [1.29, 1.82) is 5.26 Å². The Morgan fingerprint density at radius 1 is 1.38 bits per heavy atom. The molecule has 21 heavy (non-hydrogen) atoms. The number of methoxy groups -OCH3 is 1. The Bertz CT molecular complexity index is 547. The van der Waals surface area contributed by atoms with Gasteiger partial charge in [-0.05, 0) is 37.7 Å². The van der Waals surface area contributed by atoms with Gasteiger partial charge in [0.05, 0.1) is 7.11 Å². The molecule has 0 radical (unpaired) electrons. The molecule has 112 valence electrons. The van der Waals surface area contributed by atoms with Gasteiger partial charge in [0.2, 0.25) is 0 Å². The van der Waals surface area contributed by atoms with Crippen molar-refractivity contribution < 1.29 is 4.74 Å². The average Bonchev–Trinajstić information content (AvgIpc) is 2.55. The van der Waals surface area contributed by atoms with Crippen LogP contribution < -0.4 is 15.0 Å². The molecule has 0 spiro atoms. The molecule has 6 heteroatoms. The van der Waals surface area contributed by atoms with Gasteiger partial charge < -0.3 is 9.64 Å². The summed E-state index contributed by atoms with van der Waals surface area (Å²) in [7, 11) is 1.64. The molecule has 1 aliphatic heterocycles. The number of nitrogens with zero attached hydrogens (tertiary/aromatic N) is 3. The molecule has 0 saturated carbocycles. The van der Waals surface area contributed by atoms with Crippen LogP contribution in [-0.4, -0.2) is 31.6 Å². The third kappa shape index (κ3) is 4.05. The first-order chi connectivity index (χ1) is 10.3. The minimum atomic E-state index is 0.557. The van der Waals surface area contributed by atoms with Crippen LogP contribution in [0.2, 0.25) is 0 Å². The molecule has 0 unspecified atom stereocenters. The van der Waals surface area contributed by atoms with Crippen molar-refractivity contribution in [2.45, 2.75) is 19.3 Å². The lowest BCUT2D eigenvalue weighted by atomic mass is 10.1. The second-order valence-corrected chi connectivity index (χ2v) is 5.56. The van der Waals surface area contributed by atoms with Gasteiger partial charge in [0, 0.05) is 24.8 Å². The second kappa shape index (κ2) is 7.79. The van der Waals surface area contributed by atoms with Crippen molar-refractivity contribution in [1.82, 2.24) is 5.32 Å². The molecule has 0 aliphatic carbocycles. The zero-order chi connectivity index (χ0) is 15.1. The predicted molar refractivity (Wildman–Crippen MR) is 88.4 cm³/mol. The van der Waals surface area contributed by atoms with Crippen molar-refractivity contribution >= 4 is 28.3 Å². The number of nitriles is 1. The van der Waals surface area contributed by atoms with Crippen molar-refractivity contribution in [3.05, 3.63) is 18.2 Å². The zero-order valence-electron chi connectivity index (χ0n) is 12.4. The molecule has 5 nitrogen and oxygen atoms in total. The fraction of sp³-hybridized carbons (Fsp3) is 0.467. The van der Waals surface area contributed by atoms with Crippen LogP contribution in [0.3, 0.4) is 0 Å². The monoisotopic (exact) mass is 304 g/mol. The number of hydrogen-bond donors (Lipinski definition) is 1. The van der Waals surface area contributed by atoms with E-state index in [0.717, 1.165) is 24.5 Å². The van der Waals surface area contributed by atoms with E-state index in [0.29, 0.717) is 5.17 Å². The SMILES string of the molecule is COc1cc(N2CCCCC2)ccc1N=C(NC#N)SC. The van der Waals surface area contributed by atoms with Crippen molar-refractivity contribution in [2.24, 2.45) is 4.99 Å². The summed E-state index contributed by atoms with van der Waals surface area (Å²) in [5.41, 5.74) is 1.90. The largest absolute Gasteiger partial charge is 0.494 e. The van der Waals surface area contributed by atoms with E-state index >= 15 is 0 Å². The molecule has 1 aromatic carbocycles. The van der Waals surface area contributed by atoms with Crippen LogP contribution in [0, 0.1) is 11.5 Å². The Hall–Kier alpha value is -1.87. The van der Waals surface area contributed by atoms with E-state index in [4.69, 9.17) is 10.00 Å². The maximum Gasteiger partial charge on any atom is 0.183 e. The molecule has 1 fully saturated rings. The van der Waals surface area contributed by atoms with Crippen LogP contribution in [-0.2, 0) is 0 Å². The summed E-state index contributed by atoms with van der Waals surface area (Å²) < 4.78 is 5.45. The molecule has 1 N–H and O–H groups in total. The van der Waals surface area contributed by atoms with E-state index in [1.165, 1.54) is 36.7 Å². The highest BCUT2D eigenvalue weighted by molar-refractivity contribution is 8.13. The first kappa shape index (κ1) is 15.5. The van der Waals surface area contributed by atoms with Gasteiger partial charge in [0.25, 0.3) is 0 Å². The fourth-order valence-electron chi connectivity index (χ4n) is 2.39. The molecule has 1 saturated heterocycles. The summed E-state index contributed by atoms with van der Waals surface area (Å²) in [5, 5.41) is 11.8. The molecule has 0 aromatic heterocycles. The van der Waals surface area contributed by atoms with Crippen LogP contribution in [0.25, 0.3) is 0 Å². The number of rotatable bonds is 3. The van der Waals surface area contributed by atoms with Crippen LogP contribution in [0.4, 0.5) is 11.4 Å². The van der Waals surface area contributed by atoms with Gasteiger partial charge in [-0.2, -0.15) is 5.26 Å². The highest BCUT2D eigenvalue weighted by atomic mass is 32.2. The van der Waals surface area contributed by atoms with Gasteiger partial charge >= 0.3 is 0 Å². The summed E-state index contributed by atoms with van der Waals surface area (Å²) >= 11 is 1.39. The van der Waals surface area contributed by atoms with Crippen LogP contribution in [0.1, 0.15) is 19.3 Å². The van der Waals surface area contributed by atoms with Gasteiger partial charge in [-0.1, -0.05) is 11.8 Å². The normalized spacial score (nSPS) is 15.5. The Balaban J connectivity index is 2.25. The summed E-state index contributed by atoms with van der Waals surface area (Å²) in [6.45, 7) is 2.19. The van der Waals surface area contributed by atoms with Gasteiger partial charge in [-0.3, -0.25) is 5.32 Å². The van der Waals surface area contributed by atoms with Gasteiger partial charge in [-0.25, -0.2) is 4.99 Å². The molecule has 1 aliphatic rings. The fourth-order valence-corrected chi connectivity index (χ4v) is 2.73. The van der Waals surface area contributed by atoms with E-state index in [9.17, 15) is 0 Å². The van der Waals surface area contributed by atoms with E-state index < -0.39 is 0 Å². The van der Waals surface area contributed by atoms with E-state index in [2.05, 4.69) is 21.3 Å². The lowest BCUT2D eigenvalue weighted by Gasteiger charge is -2.29. The van der Waals surface area contributed by atoms with E-state index in [-0.39, 0.29) is 0 Å². The summed E-state index contributed by atoms with van der Waals surface area (Å²) in [5.74, 6) is 0.726. The maximum absolute atomic E-state index is 8.69. The number of benzene rings is 1. The predicted octanol–water partition coefficient (Wildman–Crippen LogP) is 3.11. The zero-order valence-corrected chi connectivity index (χ0v) is 13.2. The Morgan fingerprint density at radius 3 is 2.76 bits per heavy atom. The highest BCUT2D eigenvalue weighted by Crippen LogP contribution is 2.33. The number of ether oxygens (including phenoxy) is 1. The van der Waals surface area contributed by atoms with Crippen molar-refractivity contribution in [2.75, 3.05) is 31.4 Å². The van der Waals surface area contributed by atoms with Crippen molar-refractivity contribution in [3.8, 4) is 11.9 Å². The van der Waals surface area contributed by atoms with Crippen LogP contribution in [0.5, 0.6) is 5.75 Å². The number of piperidine rings is 1. The average molecular weight is 304 g/mol. The summed E-state index contributed by atoms with van der Waals surface area (Å²) in [6, 6.07) is 6.03. The number of thioether (sulfide) groups is 1. The summed E-state index contributed by atoms with van der Waals surface area (Å²) in [6.07, 6.45) is 7.56. The molecule has 1 aromatic rings. The molecular weight excluding hydrogens is 284 g/mol. The minimum Gasteiger partial charge on any atom is -0.494 e. The molecular formula is C15H20N4OS. The first-order valence-corrected chi connectivity index (χ1v) is 8.21. The Morgan fingerprint density at radius 2 is 2.14 bits per heavy atom. The second-order valence-electron chi connectivity index (χ2n) is 4.76. The smallest absolute Gasteiger partial charge is 0.183 e. The topological polar surface area (TPSA) is 60.6 Å². The standard InChI is InChI=1S/C15H20N4OS/c1-20-14-10-12(19-8-4-3-5-9-19)6-7-13(14)18-15(21-2)17-11-16/h6-7,10H,3-5,8-9H2,1-2H3,(H,17,18). The third-order valence-electron chi connectivity index (χ3n) is 3.46. The molecule has 0 bridgehead atoms. The molecule has 0 atom stereocenters. The number of aliphatic imine (C=N–C) groups is 1. The Kier molecular flexibility index (Phi) is 5.76. The number of nitrogens with one attached hydrogen (secondary N) is 1. The third-order valence-corrected chi connectivity index (χ3v) is 4.04. The molecule has 0 amide bonds. The highest BCUT2D eigenvalue weighted by Gasteiger charge is 2.13. The van der Waals surface area contributed by atoms with Crippen LogP contribution >= 0.6 is 11.8 Å². The number of anilines is 1. The lowest BCUT2D eigenvalue weighted by Crippen LogP contribution is -2.29. The molecule has 2 rings (SSSR count). The van der Waals surface area contributed by atoms with Gasteiger partial charge in [0.15, 0.2) is 11.4 Å². The van der Waals surface area contributed by atoms with E-state index in [1.54, 1.807) is 7.11 Å². The van der Waals surface area contributed by atoms with Crippen molar-refractivity contribution in [3.63, 3.8) is 0 Å².